The summed E-state index contributed by atoms with van der Waals surface area (Å²) in [5, 5.41) is 1.76. The molecule has 3 heterocycles. The minimum absolute atomic E-state index is 0.00811. The number of aromatic nitrogens is 2. The van der Waals surface area contributed by atoms with E-state index in [0.29, 0.717) is 0 Å². The van der Waals surface area contributed by atoms with Crippen molar-refractivity contribution in [3.63, 3.8) is 0 Å². The number of hydrogen-bond acceptors (Lipinski definition) is 1. The first-order chi connectivity index (χ1) is 15.6. The quantitative estimate of drug-likeness (QED) is 0.357. The van der Waals surface area contributed by atoms with Crippen molar-refractivity contribution in [3.05, 3.63) is 70.5 Å². The fourth-order valence-electron chi connectivity index (χ4n) is 5.61. The van der Waals surface area contributed by atoms with E-state index in [1.807, 2.05) is 0 Å². The lowest BCUT2D eigenvalue weighted by Gasteiger charge is -2.26. The second-order valence-electron chi connectivity index (χ2n) is 9.10. The number of H-pyrrole nitrogens is 2. The van der Waals surface area contributed by atoms with E-state index in [1.165, 1.54) is 31.4 Å². The number of nitrogens with one attached hydrogen (secondary N) is 2. The highest BCUT2D eigenvalue weighted by molar-refractivity contribution is 5.92. The summed E-state index contributed by atoms with van der Waals surface area (Å²) in [5.74, 6) is 6.23. The van der Waals surface area contributed by atoms with Gasteiger partial charge < -0.3 is 9.97 Å². The zero-order chi connectivity index (χ0) is 21.8. The molecule has 2 aromatic heterocycles. The van der Waals surface area contributed by atoms with Crippen LogP contribution in [0.2, 0.25) is 0 Å². The Bertz CT molecular complexity index is 1310. The number of likely N-dealkylation sites (tertiary alicyclic amines) is 1. The third-order valence-corrected chi connectivity index (χ3v) is 7.10. The van der Waals surface area contributed by atoms with E-state index in [9.17, 15) is 8.78 Å². The molecule has 162 valence electrons. The van der Waals surface area contributed by atoms with Crippen molar-refractivity contribution in [1.29, 1.82) is 0 Å². The van der Waals surface area contributed by atoms with Crippen LogP contribution in [0.5, 0.6) is 0 Å². The van der Waals surface area contributed by atoms with Crippen LogP contribution >= 0.6 is 0 Å². The molecule has 1 aliphatic heterocycles. The standard InChI is InChI=1S/C27H25F2N3/c1-16-24-20-14-17(28)7-9-22(20)30-26(24)19(6-5-13-32-11-3-2-4-12-32)27-25(16)21-15-18(29)8-10-23(21)31-27/h7-10,14-16,19,30-31H,2-4,11-13H2,1H3. The van der Waals surface area contributed by atoms with Crippen LogP contribution in [0.25, 0.3) is 21.8 Å². The smallest absolute Gasteiger partial charge is 0.123 e. The van der Waals surface area contributed by atoms with Gasteiger partial charge in [0.05, 0.1) is 6.54 Å². The number of hydrogen-bond donors (Lipinski definition) is 2. The summed E-state index contributed by atoms with van der Waals surface area (Å²) < 4.78 is 28.3. The Morgan fingerprint density at radius 3 is 2.00 bits per heavy atom. The van der Waals surface area contributed by atoms with Gasteiger partial charge in [-0.1, -0.05) is 25.2 Å². The van der Waals surface area contributed by atoms with E-state index in [4.69, 9.17) is 0 Å². The van der Waals surface area contributed by atoms with Gasteiger partial charge in [-0.25, -0.2) is 8.78 Å². The number of nitrogens with zero attached hydrogens (tertiary/aromatic N) is 1. The molecular weight excluding hydrogens is 404 g/mol. The number of rotatable bonds is 1. The monoisotopic (exact) mass is 429 g/mol. The normalized spacial score (nSPS) is 20.7. The Hall–Kier alpha value is -3.10. The minimum atomic E-state index is -0.255. The molecule has 0 bridgehead atoms. The lowest BCUT2D eigenvalue weighted by Crippen LogP contribution is -2.30. The van der Waals surface area contributed by atoms with E-state index in [2.05, 4.69) is 33.6 Å². The molecule has 0 atom stereocenters. The van der Waals surface area contributed by atoms with Crippen molar-refractivity contribution in [1.82, 2.24) is 14.9 Å². The van der Waals surface area contributed by atoms with Gasteiger partial charge in [-0.05, 0) is 73.5 Å². The zero-order valence-corrected chi connectivity index (χ0v) is 18.1. The predicted molar refractivity (Wildman–Crippen MR) is 124 cm³/mol. The molecule has 2 aliphatic rings. The van der Waals surface area contributed by atoms with Gasteiger partial charge in [0.25, 0.3) is 0 Å². The maximum absolute atomic E-state index is 14.2. The molecule has 2 N–H and O–H groups in total. The van der Waals surface area contributed by atoms with Gasteiger partial charge in [-0.15, -0.1) is 0 Å². The molecule has 32 heavy (non-hydrogen) atoms. The summed E-state index contributed by atoms with van der Waals surface area (Å²) in [6, 6.07) is 9.74. The second-order valence-corrected chi connectivity index (χ2v) is 9.10. The van der Waals surface area contributed by atoms with Gasteiger partial charge in [0.1, 0.15) is 17.6 Å². The second kappa shape index (κ2) is 7.50. The molecule has 1 fully saturated rings. The first kappa shape index (κ1) is 19.6. The van der Waals surface area contributed by atoms with Gasteiger partial charge in [-0.2, -0.15) is 0 Å². The molecule has 2 aromatic carbocycles. The van der Waals surface area contributed by atoms with E-state index >= 15 is 0 Å². The average Bonchev–Trinajstić information content (AvgIpc) is 3.35. The first-order valence-electron chi connectivity index (χ1n) is 11.4. The third kappa shape index (κ3) is 3.05. The maximum atomic E-state index is 14.2. The Labute approximate surface area is 185 Å². The van der Waals surface area contributed by atoms with Crippen molar-refractivity contribution >= 4 is 21.8 Å². The predicted octanol–water partition coefficient (Wildman–Crippen LogP) is 6.01. The van der Waals surface area contributed by atoms with Gasteiger partial charge in [-0.3, -0.25) is 4.90 Å². The molecule has 0 amide bonds. The van der Waals surface area contributed by atoms with Crippen LogP contribution < -0.4 is 0 Å². The SMILES string of the molecule is CC1c2c([nH]c3ccc(F)cc23)C(C#CCN2CCCCC2)c2[nH]c3ccc(F)cc3c21. The fraction of sp³-hybridized carbons (Fsp3) is 0.333. The van der Waals surface area contributed by atoms with E-state index in [0.717, 1.165) is 64.0 Å². The van der Waals surface area contributed by atoms with Crippen molar-refractivity contribution in [2.75, 3.05) is 19.6 Å². The van der Waals surface area contributed by atoms with Gasteiger partial charge in [0.2, 0.25) is 0 Å². The Morgan fingerprint density at radius 1 is 0.875 bits per heavy atom. The summed E-state index contributed by atoms with van der Waals surface area (Å²) in [6.45, 7) is 5.07. The molecule has 1 aliphatic carbocycles. The Balaban J connectivity index is 1.53. The first-order valence-corrected chi connectivity index (χ1v) is 11.4. The highest BCUT2D eigenvalue weighted by atomic mass is 19.1. The largest absolute Gasteiger partial charge is 0.357 e. The van der Waals surface area contributed by atoms with E-state index < -0.39 is 0 Å². The third-order valence-electron chi connectivity index (χ3n) is 7.10. The highest BCUT2D eigenvalue weighted by Crippen LogP contribution is 2.48. The van der Waals surface area contributed by atoms with Crippen molar-refractivity contribution < 1.29 is 8.78 Å². The van der Waals surface area contributed by atoms with Gasteiger partial charge in [0, 0.05) is 39.1 Å². The Morgan fingerprint density at radius 2 is 1.44 bits per heavy atom. The van der Waals surface area contributed by atoms with Crippen LogP contribution in [0.4, 0.5) is 8.78 Å². The average molecular weight is 430 g/mol. The molecule has 4 aromatic rings. The number of benzene rings is 2. The summed E-state index contributed by atoms with van der Waals surface area (Å²) in [7, 11) is 0. The number of halogens is 2. The van der Waals surface area contributed by atoms with Crippen molar-refractivity contribution in [2.24, 2.45) is 0 Å². The molecule has 6 rings (SSSR count). The minimum Gasteiger partial charge on any atom is -0.357 e. The lowest BCUT2D eigenvalue weighted by atomic mass is 9.78. The lowest BCUT2D eigenvalue weighted by molar-refractivity contribution is 0.255. The number of aromatic amines is 2. The topological polar surface area (TPSA) is 34.8 Å². The number of fused-ring (bicyclic) bond motifs is 6. The van der Waals surface area contributed by atoms with Crippen LogP contribution in [0.1, 0.15) is 60.5 Å². The Kier molecular flexibility index (Phi) is 4.58. The van der Waals surface area contributed by atoms with E-state index in [1.54, 1.807) is 24.3 Å². The highest BCUT2D eigenvalue weighted by Gasteiger charge is 2.35. The molecule has 0 spiro atoms. The molecular formula is C27H25F2N3. The van der Waals surface area contributed by atoms with Gasteiger partial charge >= 0.3 is 0 Å². The summed E-state index contributed by atoms with van der Waals surface area (Å²) in [4.78, 5) is 9.47. The molecule has 3 nitrogen and oxygen atoms in total. The summed E-state index contributed by atoms with van der Waals surface area (Å²) in [6.07, 6.45) is 3.77. The zero-order valence-electron chi connectivity index (χ0n) is 18.1. The molecule has 5 heteroatoms. The summed E-state index contributed by atoms with van der Waals surface area (Å²) >= 11 is 0. The van der Waals surface area contributed by atoms with Crippen LogP contribution in [0.15, 0.2) is 36.4 Å². The van der Waals surface area contributed by atoms with E-state index in [-0.39, 0.29) is 23.5 Å². The molecule has 0 unspecified atom stereocenters. The van der Waals surface area contributed by atoms with Crippen LogP contribution in [-0.2, 0) is 0 Å². The van der Waals surface area contributed by atoms with Crippen molar-refractivity contribution in [2.45, 2.75) is 38.0 Å². The number of piperidine rings is 1. The molecule has 0 saturated carbocycles. The maximum Gasteiger partial charge on any atom is 0.123 e. The summed E-state index contributed by atoms with van der Waals surface area (Å²) in [5.41, 5.74) is 5.98. The van der Waals surface area contributed by atoms with Crippen LogP contribution in [0, 0.1) is 23.5 Å². The van der Waals surface area contributed by atoms with Crippen LogP contribution in [-0.4, -0.2) is 34.5 Å². The molecule has 0 radical (unpaired) electrons. The molecule has 1 saturated heterocycles. The van der Waals surface area contributed by atoms with Gasteiger partial charge in [0.15, 0.2) is 0 Å². The fourth-order valence-corrected chi connectivity index (χ4v) is 5.61. The van der Waals surface area contributed by atoms with Crippen molar-refractivity contribution in [3.8, 4) is 11.8 Å². The van der Waals surface area contributed by atoms with Crippen LogP contribution in [0.3, 0.4) is 0 Å².